The zero-order chi connectivity index (χ0) is 19.7. The van der Waals surface area contributed by atoms with Crippen molar-refractivity contribution in [3.63, 3.8) is 0 Å². The lowest BCUT2D eigenvalue weighted by molar-refractivity contribution is 0.171. The number of halogens is 3. The maximum Gasteiger partial charge on any atom is 0.186 e. The Labute approximate surface area is 188 Å². The van der Waals surface area contributed by atoms with E-state index < -0.39 is 0 Å². The minimum atomic E-state index is 0.558. The van der Waals surface area contributed by atoms with E-state index in [0.717, 1.165) is 35.1 Å². The number of hydrogen-bond donors (Lipinski definition) is 2. The molecule has 0 aliphatic carbocycles. The van der Waals surface area contributed by atoms with Crippen LogP contribution in [0.5, 0.6) is 23.0 Å². The predicted octanol–water partition coefficient (Wildman–Crippen LogP) is 4.83. The molecule has 2 aromatic carbocycles. The molecule has 2 aromatic rings. The average molecular weight is 614 g/mol. The molecule has 0 saturated carbocycles. The minimum absolute atomic E-state index is 0.558. The van der Waals surface area contributed by atoms with Gasteiger partial charge in [0, 0.05) is 8.95 Å². The molecule has 0 radical (unpaired) electrons. The van der Waals surface area contributed by atoms with E-state index in [1.165, 1.54) is 0 Å². The molecule has 0 atom stereocenters. The summed E-state index contributed by atoms with van der Waals surface area (Å²) in [6.45, 7) is 6.27. The summed E-state index contributed by atoms with van der Waals surface area (Å²) in [5.74, 6) is 2.83. The van der Waals surface area contributed by atoms with Gasteiger partial charge in [0.1, 0.15) is 26.4 Å². The highest BCUT2D eigenvalue weighted by Crippen LogP contribution is 2.46. The summed E-state index contributed by atoms with van der Waals surface area (Å²) in [6, 6.07) is 1.93. The molecule has 4 rings (SSSR count). The van der Waals surface area contributed by atoms with Crippen LogP contribution in [0.1, 0.15) is 11.1 Å². The van der Waals surface area contributed by atoms with Gasteiger partial charge in [-0.05, 0) is 85.5 Å². The second-order valence-electron chi connectivity index (χ2n) is 5.97. The van der Waals surface area contributed by atoms with E-state index in [1.54, 1.807) is 0 Å². The second kappa shape index (κ2) is 8.52. The van der Waals surface area contributed by atoms with Crippen molar-refractivity contribution in [2.75, 3.05) is 37.9 Å². The first-order valence-electron chi connectivity index (χ1n) is 8.19. The molecule has 0 aromatic heterocycles. The van der Waals surface area contributed by atoms with E-state index in [4.69, 9.17) is 30.4 Å². The number of benzene rings is 2. The molecule has 2 aliphatic heterocycles. The Balaban J connectivity index is 0.000000156. The van der Waals surface area contributed by atoms with Crippen LogP contribution in [-0.4, -0.2) is 26.4 Å². The van der Waals surface area contributed by atoms with E-state index in [9.17, 15) is 0 Å². The molecule has 9 heteroatoms. The van der Waals surface area contributed by atoms with Gasteiger partial charge in [-0.3, -0.25) is 0 Å². The zero-order valence-corrected chi connectivity index (χ0v) is 20.2. The Bertz CT molecular complexity index is 856. The van der Waals surface area contributed by atoms with Crippen LogP contribution in [0.4, 0.5) is 11.4 Å². The number of nitrogens with two attached hydrogens (primary N) is 2. The normalized spacial score (nSPS) is 14.3. The van der Waals surface area contributed by atoms with Gasteiger partial charge in [-0.1, -0.05) is 0 Å². The van der Waals surface area contributed by atoms with Gasteiger partial charge >= 0.3 is 0 Å². The van der Waals surface area contributed by atoms with Crippen molar-refractivity contribution in [2.45, 2.75) is 13.8 Å². The SMILES string of the molecule is Cc1c(Br)c(N)c2c(c1I)OCCO2.Cc1cc2c(c(N)c1Br)OCCO2. The molecule has 2 heterocycles. The first-order chi connectivity index (χ1) is 12.8. The van der Waals surface area contributed by atoms with Crippen LogP contribution in [0, 0.1) is 17.4 Å². The summed E-state index contributed by atoms with van der Waals surface area (Å²) in [7, 11) is 0. The summed E-state index contributed by atoms with van der Waals surface area (Å²) in [5.41, 5.74) is 15.2. The summed E-state index contributed by atoms with van der Waals surface area (Å²) in [6.07, 6.45) is 0. The van der Waals surface area contributed by atoms with Gasteiger partial charge in [-0.15, -0.1) is 0 Å². The molecule has 4 N–H and O–H groups in total. The molecule has 0 amide bonds. The Morgan fingerprint density at radius 2 is 1.33 bits per heavy atom. The molecule has 2 aliphatic rings. The lowest BCUT2D eigenvalue weighted by atomic mass is 10.2. The Morgan fingerprint density at radius 1 is 0.815 bits per heavy atom. The van der Waals surface area contributed by atoms with Crippen LogP contribution in [0.15, 0.2) is 15.0 Å². The lowest BCUT2D eigenvalue weighted by Crippen LogP contribution is -2.18. The topological polar surface area (TPSA) is 89.0 Å². The van der Waals surface area contributed by atoms with Gasteiger partial charge < -0.3 is 30.4 Å². The summed E-state index contributed by atoms with van der Waals surface area (Å²) >= 11 is 9.08. The highest BCUT2D eigenvalue weighted by Gasteiger charge is 2.23. The van der Waals surface area contributed by atoms with E-state index in [0.29, 0.717) is 49.3 Å². The van der Waals surface area contributed by atoms with Crippen LogP contribution in [0.2, 0.25) is 0 Å². The van der Waals surface area contributed by atoms with Crippen molar-refractivity contribution in [3.8, 4) is 23.0 Å². The Kier molecular flexibility index (Phi) is 6.52. The van der Waals surface area contributed by atoms with E-state index in [2.05, 4.69) is 54.5 Å². The summed E-state index contributed by atoms with van der Waals surface area (Å²) in [4.78, 5) is 0. The van der Waals surface area contributed by atoms with Gasteiger partial charge in [-0.2, -0.15) is 0 Å². The number of anilines is 2. The number of hydrogen-bond acceptors (Lipinski definition) is 6. The van der Waals surface area contributed by atoms with Gasteiger partial charge in [0.15, 0.2) is 23.0 Å². The van der Waals surface area contributed by atoms with Crippen molar-refractivity contribution in [1.82, 2.24) is 0 Å². The molecule has 146 valence electrons. The molecule has 0 spiro atoms. The fraction of sp³-hybridized carbons (Fsp3) is 0.333. The molecule has 0 unspecified atom stereocenters. The van der Waals surface area contributed by atoms with Crippen LogP contribution in [0.3, 0.4) is 0 Å². The zero-order valence-electron chi connectivity index (χ0n) is 14.8. The number of fused-ring (bicyclic) bond motifs is 2. The first kappa shape index (κ1) is 20.7. The Hall–Kier alpha value is -1.07. The monoisotopic (exact) mass is 612 g/mol. The predicted molar refractivity (Wildman–Crippen MR) is 121 cm³/mol. The highest BCUT2D eigenvalue weighted by atomic mass is 127. The van der Waals surface area contributed by atoms with Crippen LogP contribution in [0.25, 0.3) is 0 Å². The van der Waals surface area contributed by atoms with Crippen molar-refractivity contribution >= 4 is 65.8 Å². The van der Waals surface area contributed by atoms with Gasteiger partial charge in [0.2, 0.25) is 0 Å². The highest BCUT2D eigenvalue weighted by molar-refractivity contribution is 14.1. The molecule has 0 saturated heterocycles. The molecule has 0 fully saturated rings. The van der Waals surface area contributed by atoms with E-state index >= 15 is 0 Å². The van der Waals surface area contributed by atoms with Crippen LogP contribution >= 0.6 is 54.5 Å². The fourth-order valence-corrected chi connectivity index (χ4v) is 4.39. The number of aryl methyl sites for hydroxylation is 1. The molecule has 0 bridgehead atoms. The molecule has 6 nitrogen and oxygen atoms in total. The first-order valence-corrected chi connectivity index (χ1v) is 10.9. The van der Waals surface area contributed by atoms with Crippen LogP contribution < -0.4 is 30.4 Å². The third-order valence-electron chi connectivity index (χ3n) is 4.11. The van der Waals surface area contributed by atoms with Gasteiger partial charge in [0.05, 0.1) is 14.9 Å². The lowest BCUT2D eigenvalue weighted by Gasteiger charge is -2.23. The van der Waals surface area contributed by atoms with Gasteiger partial charge in [-0.25, -0.2) is 0 Å². The van der Waals surface area contributed by atoms with Gasteiger partial charge in [0.25, 0.3) is 0 Å². The largest absolute Gasteiger partial charge is 0.486 e. The number of ether oxygens (including phenoxy) is 4. The van der Waals surface area contributed by atoms with Crippen molar-refractivity contribution in [1.29, 1.82) is 0 Å². The summed E-state index contributed by atoms with van der Waals surface area (Å²) in [5, 5.41) is 0. The second-order valence-corrected chi connectivity index (χ2v) is 8.63. The molecule has 27 heavy (non-hydrogen) atoms. The number of nitrogen functional groups attached to an aromatic ring is 2. The smallest absolute Gasteiger partial charge is 0.186 e. The Morgan fingerprint density at radius 3 is 2.00 bits per heavy atom. The quantitative estimate of drug-likeness (QED) is 0.327. The van der Waals surface area contributed by atoms with Crippen molar-refractivity contribution in [2.24, 2.45) is 0 Å². The van der Waals surface area contributed by atoms with Crippen LogP contribution in [-0.2, 0) is 0 Å². The molecular weight excluding hydrogens is 595 g/mol. The summed E-state index contributed by atoms with van der Waals surface area (Å²) < 4.78 is 24.7. The number of rotatable bonds is 0. The maximum absolute atomic E-state index is 5.92. The van der Waals surface area contributed by atoms with E-state index in [1.807, 2.05) is 19.9 Å². The average Bonchev–Trinajstić information content (AvgIpc) is 2.69. The standard InChI is InChI=1S/C9H9BrINO2.C9H10BrNO2/c1-4-5(10)7(12)9-8(6(4)11)13-2-3-14-9;1-5-4-6-9(8(11)7(5)10)13-3-2-12-6/h2-3,12H2,1H3;4H,2-3,11H2,1H3. The third-order valence-corrected chi connectivity index (χ3v) is 7.48. The fourth-order valence-electron chi connectivity index (χ4n) is 2.67. The molecular formula is C18H19Br2IN2O4. The van der Waals surface area contributed by atoms with Crippen molar-refractivity contribution in [3.05, 3.63) is 29.7 Å². The third kappa shape index (κ3) is 4.04. The van der Waals surface area contributed by atoms with E-state index in [-0.39, 0.29) is 0 Å². The maximum atomic E-state index is 5.92. The van der Waals surface area contributed by atoms with Crippen molar-refractivity contribution < 1.29 is 18.9 Å². The minimum Gasteiger partial charge on any atom is -0.486 e.